The summed E-state index contributed by atoms with van der Waals surface area (Å²) in [6.07, 6.45) is 6.34. The summed E-state index contributed by atoms with van der Waals surface area (Å²) in [5, 5.41) is 2.73. The molecule has 2 rings (SSSR count). The zero-order valence-corrected chi connectivity index (χ0v) is 10.5. The van der Waals surface area contributed by atoms with E-state index in [0.717, 1.165) is 11.3 Å². The van der Waals surface area contributed by atoms with Gasteiger partial charge in [0.1, 0.15) is 6.33 Å². The van der Waals surface area contributed by atoms with Gasteiger partial charge in [0.25, 0.3) is 5.91 Å². The molecule has 0 spiro atoms. The van der Waals surface area contributed by atoms with Crippen LogP contribution >= 0.6 is 0 Å². The van der Waals surface area contributed by atoms with Crippen molar-refractivity contribution in [2.24, 2.45) is 0 Å². The van der Waals surface area contributed by atoms with Crippen molar-refractivity contribution < 1.29 is 9.53 Å². The van der Waals surface area contributed by atoms with Gasteiger partial charge in [0.15, 0.2) is 0 Å². The van der Waals surface area contributed by atoms with E-state index >= 15 is 0 Å². The van der Waals surface area contributed by atoms with Crippen LogP contribution in [-0.2, 0) is 4.74 Å². The van der Waals surface area contributed by atoms with Gasteiger partial charge in [0.05, 0.1) is 17.9 Å². The van der Waals surface area contributed by atoms with Gasteiger partial charge in [-0.05, 0) is 12.1 Å². The van der Waals surface area contributed by atoms with E-state index in [2.05, 4.69) is 20.3 Å². The van der Waals surface area contributed by atoms with Crippen LogP contribution in [0.3, 0.4) is 0 Å². The van der Waals surface area contributed by atoms with Crippen LogP contribution in [0.1, 0.15) is 10.4 Å². The zero-order valence-electron chi connectivity index (χ0n) is 10.5. The van der Waals surface area contributed by atoms with Gasteiger partial charge in [-0.1, -0.05) is 0 Å². The lowest BCUT2D eigenvalue weighted by Gasteiger charge is -2.05. The van der Waals surface area contributed by atoms with Gasteiger partial charge in [-0.15, -0.1) is 0 Å². The molecule has 0 aliphatic carbocycles. The number of hydrogen-bond donors (Lipinski definition) is 1. The molecule has 0 atom stereocenters. The molecule has 98 valence electrons. The quantitative estimate of drug-likeness (QED) is 0.807. The molecule has 1 amide bonds. The Morgan fingerprint density at radius 3 is 2.68 bits per heavy atom. The van der Waals surface area contributed by atoms with Gasteiger partial charge in [0, 0.05) is 37.8 Å². The summed E-state index contributed by atoms with van der Waals surface area (Å²) in [6, 6.07) is 3.49. The van der Waals surface area contributed by atoms with Gasteiger partial charge in [-0.2, -0.15) is 0 Å². The maximum Gasteiger partial charge on any atom is 0.252 e. The van der Waals surface area contributed by atoms with E-state index in [4.69, 9.17) is 4.74 Å². The van der Waals surface area contributed by atoms with Crippen molar-refractivity contribution in [3.63, 3.8) is 0 Å². The lowest BCUT2D eigenvalue weighted by atomic mass is 10.2. The van der Waals surface area contributed by atoms with E-state index in [0.29, 0.717) is 18.7 Å². The van der Waals surface area contributed by atoms with Gasteiger partial charge in [-0.25, -0.2) is 9.97 Å². The van der Waals surface area contributed by atoms with E-state index in [9.17, 15) is 4.79 Å². The molecule has 1 N–H and O–H groups in total. The number of pyridine rings is 1. The third kappa shape index (κ3) is 3.56. The molecule has 2 heterocycles. The molecular weight excluding hydrogens is 244 g/mol. The third-order valence-corrected chi connectivity index (χ3v) is 2.47. The topological polar surface area (TPSA) is 77.0 Å². The summed E-state index contributed by atoms with van der Waals surface area (Å²) in [5.41, 5.74) is 2.06. The van der Waals surface area contributed by atoms with Crippen LogP contribution in [0.25, 0.3) is 11.3 Å². The second-order valence-corrected chi connectivity index (χ2v) is 3.81. The standard InChI is InChI=1S/C13H14N4O2/c1-19-5-4-16-13(18)10-2-3-12(17-8-10)11-6-14-9-15-7-11/h2-3,6-9H,4-5H2,1H3,(H,16,18). The number of nitrogens with zero attached hydrogens (tertiary/aromatic N) is 3. The van der Waals surface area contributed by atoms with Crippen LogP contribution in [0.15, 0.2) is 37.1 Å². The number of carbonyl (C=O) groups is 1. The minimum atomic E-state index is -0.166. The first-order chi connectivity index (χ1) is 9.31. The van der Waals surface area contributed by atoms with Crippen LogP contribution in [-0.4, -0.2) is 41.1 Å². The normalized spacial score (nSPS) is 10.2. The van der Waals surface area contributed by atoms with Crippen LogP contribution in [0.4, 0.5) is 0 Å². The van der Waals surface area contributed by atoms with Crippen LogP contribution in [0, 0.1) is 0 Å². The smallest absolute Gasteiger partial charge is 0.252 e. The van der Waals surface area contributed by atoms with Crippen molar-refractivity contribution in [1.29, 1.82) is 0 Å². The number of rotatable bonds is 5. The Labute approximate surface area is 110 Å². The second kappa shape index (κ2) is 6.55. The molecule has 0 unspecified atom stereocenters. The predicted molar refractivity (Wildman–Crippen MR) is 69.5 cm³/mol. The van der Waals surface area contributed by atoms with Crippen LogP contribution in [0.5, 0.6) is 0 Å². The van der Waals surface area contributed by atoms with Crippen LogP contribution in [0.2, 0.25) is 0 Å². The lowest BCUT2D eigenvalue weighted by molar-refractivity contribution is 0.0937. The molecule has 0 fully saturated rings. The molecule has 0 radical (unpaired) electrons. The summed E-state index contributed by atoms with van der Waals surface area (Å²) >= 11 is 0. The number of carbonyl (C=O) groups excluding carboxylic acids is 1. The number of ether oxygens (including phenoxy) is 1. The van der Waals surface area contributed by atoms with Gasteiger partial charge < -0.3 is 10.1 Å². The number of aromatic nitrogens is 3. The minimum absolute atomic E-state index is 0.166. The minimum Gasteiger partial charge on any atom is -0.383 e. The molecule has 19 heavy (non-hydrogen) atoms. The number of hydrogen-bond acceptors (Lipinski definition) is 5. The molecule has 0 saturated heterocycles. The molecule has 0 aromatic carbocycles. The Morgan fingerprint density at radius 1 is 1.26 bits per heavy atom. The van der Waals surface area contributed by atoms with Crippen LogP contribution < -0.4 is 5.32 Å². The third-order valence-electron chi connectivity index (χ3n) is 2.47. The van der Waals surface area contributed by atoms with E-state index < -0.39 is 0 Å². The average Bonchev–Trinajstić information content (AvgIpc) is 2.48. The Hall–Kier alpha value is -2.34. The fourth-order valence-corrected chi connectivity index (χ4v) is 1.50. The summed E-state index contributed by atoms with van der Waals surface area (Å²) < 4.78 is 4.86. The lowest BCUT2D eigenvalue weighted by Crippen LogP contribution is -2.26. The van der Waals surface area contributed by atoms with Crippen molar-refractivity contribution in [2.75, 3.05) is 20.3 Å². The molecule has 2 aromatic rings. The van der Waals surface area contributed by atoms with E-state index in [1.54, 1.807) is 31.6 Å². The van der Waals surface area contributed by atoms with Crippen molar-refractivity contribution in [3.8, 4) is 11.3 Å². The average molecular weight is 258 g/mol. The fraction of sp³-hybridized carbons (Fsp3) is 0.231. The van der Waals surface area contributed by atoms with Crippen molar-refractivity contribution in [1.82, 2.24) is 20.3 Å². The first-order valence-electron chi connectivity index (χ1n) is 5.80. The number of methoxy groups -OCH3 is 1. The highest BCUT2D eigenvalue weighted by atomic mass is 16.5. The molecule has 0 aliphatic heterocycles. The molecule has 0 aliphatic rings. The summed E-state index contributed by atoms with van der Waals surface area (Å²) in [5.74, 6) is -0.166. The first-order valence-corrected chi connectivity index (χ1v) is 5.80. The summed E-state index contributed by atoms with van der Waals surface area (Å²) in [6.45, 7) is 0.961. The molecule has 2 aromatic heterocycles. The number of nitrogens with one attached hydrogen (secondary N) is 1. The predicted octanol–water partition coefficient (Wildman–Crippen LogP) is 0.915. The van der Waals surface area contributed by atoms with E-state index in [-0.39, 0.29) is 5.91 Å². The van der Waals surface area contributed by atoms with Crippen molar-refractivity contribution in [3.05, 3.63) is 42.6 Å². The van der Waals surface area contributed by atoms with E-state index in [1.807, 2.05) is 0 Å². The maximum atomic E-state index is 11.7. The molecule has 0 saturated carbocycles. The maximum absolute atomic E-state index is 11.7. The first kappa shape index (κ1) is 13.1. The Bertz CT molecular complexity index is 528. The molecule has 0 bridgehead atoms. The van der Waals surface area contributed by atoms with Crippen molar-refractivity contribution in [2.45, 2.75) is 0 Å². The van der Waals surface area contributed by atoms with Gasteiger partial charge in [-0.3, -0.25) is 9.78 Å². The highest BCUT2D eigenvalue weighted by Gasteiger charge is 2.06. The largest absolute Gasteiger partial charge is 0.383 e. The molecule has 6 nitrogen and oxygen atoms in total. The molecule has 6 heteroatoms. The van der Waals surface area contributed by atoms with Gasteiger partial charge >= 0.3 is 0 Å². The summed E-state index contributed by atoms with van der Waals surface area (Å²) in [4.78, 5) is 23.8. The monoisotopic (exact) mass is 258 g/mol. The number of amides is 1. The van der Waals surface area contributed by atoms with E-state index in [1.165, 1.54) is 12.5 Å². The fourth-order valence-electron chi connectivity index (χ4n) is 1.50. The Kier molecular flexibility index (Phi) is 4.52. The highest BCUT2D eigenvalue weighted by molar-refractivity contribution is 5.94. The Morgan fingerprint density at radius 2 is 2.05 bits per heavy atom. The highest BCUT2D eigenvalue weighted by Crippen LogP contribution is 2.14. The Balaban J connectivity index is 2.04. The SMILES string of the molecule is COCCNC(=O)c1ccc(-c2cncnc2)nc1. The zero-order chi connectivity index (χ0) is 13.5. The summed E-state index contributed by atoms with van der Waals surface area (Å²) in [7, 11) is 1.59. The second-order valence-electron chi connectivity index (χ2n) is 3.81. The molecular formula is C13H14N4O2. The van der Waals surface area contributed by atoms with Gasteiger partial charge in [0.2, 0.25) is 0 Å². The van der Waals surface area contributed by atoms with Crippen molar-refractivity contribution >= 4 is 5.91 Å².